The maximum absolute atomic E-state index is 12.8. The summed E-state index contributed by atoms with van der Waals surface area (Å²) in [5, 5.41) is 5.38. The fourth-order valence-corrected chi connectivity index (χ4v) is 3.93. The van der Waals surface area contributed by atoms with Crippen molar-refractivity contribution in [3.05, 3.63) is 54.1 Å². The van der Waals surface area contributed by atoms with Gasteiger partial charge >= 0.3 is 0 Å². The van der Waals surface area contributed by atoms with E-state index in [1.165, 1.54) is 20.2 Å². The van der Waals surface area contributed by atoms with Gasteiger partial charge in [0.05, 0.1) is 4.90 Å². The first-order chi connectivity index (χ1) is 14.5. The third kappa shape index (κ3) is 6.53. The first-order valence-electron chi connectivity index (χ1n) is 9.83. The molecule has 1 atom stereocenters. The van der Waals surface area contributed by atoms with E-state index < -0.39 is 27.9 Å². The van der Waals surface area contributed by atoms with Gasteiger partial charge in [0.15, 0.2) is 6.61 Å². The van der Waals surface area contributed by atoms with E-state index in [-0.39, 0.29) is 17.4 Å². The molecule has 0 aromatic heterocycles. The fourth-order valence-electron chi connectivity index (χ4n) is 2.79. The highest BCUT2D eigenvalue weighted by Crippen LogP contribution is 2.23. The van der Waals surface area contributed by atoms with Gasteiger partial charge in [-0.05, 0) is 42.7 Å². The number of amides is 2. The number of hydrogen-bond donors (Lipinski definition) is 2. The van der Waals surface area contributed by atoms with Gasteiger partial charge < -0.3 is 15.4 Å². The molecule has 0 aliphatic rings. The zero-order valence-corrected chi connectivity index (χ0v) is 19.2. The zero-order chi connectivity index (χ0) is 23.2. The highest BCUT2D eigenvalue weighted by molar-refractivity contribution is 7.89. The Hall–Kier alpha value is -2.91. The average Bonchev–Trinajstić information content (AvgIpc) is 2.72. The van der Waals surface area contributed by atoms with Crippen molar-refractivity contribution < 1.29 is 22.7 Å². The van der Waals surface area contributed by atoms with Crippen LogP contribution in [0.3, 0.4) is 0 Å². The van der Waals surface area contributed by atoms with Crippen molar-refractivity contribution in [3.8, 4) is 5.75 Å². The Kier molecular flexibility index (Phi) is 8.18. The van der Waals surface area contributed by atoms with Gasteiger partial charge in [-0.2, -0.15) is 0 Å². The summed E-state index contributed by atoms with van der Waals surface area (Å²) in [4.78, 5) is 25.2. The van der Waals surface area contributed by atoms with Crippen molar-refractivity contribution in [2.24, 2.45) is 5.92 Å². The predicted octanol–water partition coefficient (Wildman–Crippen LogP) is 2.40. The summed E-state index contributed by atoms with van der Waals surface area (Å²) in [6.07, 6.45) is 0. The third-order valence-electron chi connectivity index (χ3n) is 4.59. The summed E-state index contributed by atoms with van der Waals surface area (Å²) in [5.74, 6) is -0.522. The van der Waals surface area contributed by atoms with Crippen LogP contribution < -0.4 is 15.4 Å². The van der Waals surface area contributed by atoms with Gasteiger partial charge in [0.1, 0.15) is 11.8 Å². The van der Waals surface area contributed by atoms with Crippen molar-refractivity contribution in [3.63, 3.8) is 0 Å². The van der Waals surface area contributed by atoms with Gasteiger partial charge in [0, 0.05) is 19.8 Å². The lowest BCUT2D eigenvalue weighted by atomic mass is 10.0. The van der Waals surface area contributed by atoms with Crippen LogP contribution in [0.25, 0.3) is 0 Å². The van der Waals surface area contributed by atoms with E-state index in [1.807, 2.05) is 6.07 Å². The number of rotatable bonds is 9. The molecule has 9 heteroatoms. The van der Waals surface area contributed by atoms with Crippen molar-refractivity contribution in [2.45, 2.75) is 31.7 Å². The van der Waals surface area contributed by atoms with Crippen LogP contribution in [0, 0.1) is 12.8 Å². The second-order valence-corrected chi connectivity index (χ2v) is 9.77. The molecular weight excluding hydrogens is 418 g/mol. The molecule has 8 nitrogen and oxygen atoms in total. The van der Waals surface area contributed by atoms with Gasteiger partial charge in [-0.15, -0.1) is 0 Å². The number of benzene rings is 2. The van der Waals surface area contributed by atoms with Crippen LogP contribution in [-0.4, -0.2) is 51.3 Å². The van der Waals surface area contributed by atoms with Crippen LogP contribution in [0.15, 0.2) is 53.4 Å². The van der Waals surface area contributed by atoms with Crippen LogP contribution in [0.2, 0.25) is 0 Å². The van der Waals surface area contributed by atoms with Crippen LogP contribution in [-0.2, 0) is 19.6 Å². The van der Waals surface area contributed by atoms with Crippen molar-refractivity contribution >= 4 is 27.5 Å². The number of carbonyl (C=O) groups is 2. The molecule has 0 bridgehead atoms. The van der Waals surface area contributed by atoms with E-state index in [2.05, 4.69) is 10.6 Å². The van der Waals surface area contributed by atoms with Gasteiger partial charge in [-0.1, -0.05) is 38.1 Å². The summed E-state index contributed by atoms with van der Waals surface area (Å²) >= 11 is 0. The molecule has 31 heavy (non-hydrogen) atoms. The average molecular weight is 448 g/mol. The fraction of sp³-hybridized carbons (Fsp3) is 0.364. The highest BCUT2D eigenvalue weighted by atomic mass is 32.2. The number of sulfonamides is 1. The minimum atomic E-state index is -3.66. The highest BCUT2D eigenvalue weighted by Gasteiger charge is 2.26. The second kappa shape index (κ2) is 10.4. The smallest absolute Gasteiger partial charge is 0.258 e. The second-order valence-electron chi connectivity index (χ2n) is 7.65. The molecule has 0 spiro atoms. The molecule has 0 unspecified atom stereocenters. The summed E-state index contributed by atoms with van der Waals surface area (Å²) in [7, 11) is -0.767. The standard InChI is InChI=1S/C22H29N3O5S/c1-15(2)21(24-20(26)14-30-18-9-7-6-8-10-18)22(27)23-17-12-11-16(3)19(13-17)31(28,29)25(4)5/h6-13,15,21H,14H2,1-5H3,(H,23,27)(H,24,26)/t21-/m0/s1. The number of nitrogens with zero attached hydrogens (tertiary/aromatic N) is 1. The topological polar surface area (TPSA) is 105 Å². The summed E-state index contributed by atoms with van der Waals surface area (Å²) in [5.41, 5.74) is 0.898. The Morgan fingerprint density at radius 2 is 1.71 bits per heavy atom. The largest absolute Gasteiger partial charge is 0.484 e. The summed E-state index contributed by atoms with van der Waals surface area (Å²) < 4.78 is 31.6. The first kappa shape index (κ1) is 24.4. The molecule has 0 aliphatic heterocycles. The van der Waals surface area contributed by atoms with Crippen LogP contribution in [0.4, 0.5) is 5.69 Å². The van der Waals surface area contributed by atoms with Crippen LogP contribution in [0.5, 0.6) is 5.75 Å². The summed E-state index contributed by atoms with van der Waals surface area (Å²) in [6.45, 7) is 5.07. The number of anilines is 1. The Morgan fingerprint density at radius 1 is 1.06 bits per heavy atom. The maximum Gasteiger partial charge on any atom is 0.258 e. The molecule has 168 valence electrons. The van der Waals surface area contributed by atoms with E-state index in [0.29, 0.717) is 17.0 Å². The lowest BCUT2D eigenvalue weighted by molar-refractivity contribution is -0.128. The van der Waals surface area contributed by atoms with Gasteiger partial charge in [-0.3, -0.25) is 9.59 Å². The monoisotopic (exact) mass is 447 g/mol. The molecule has 2 amide bonds. The van der Waals surface area contributed by atoms with Gasteiger partial charge in [-0.25, -0.2) is 12.7 Å². The minimum absolute atomic E-state index is 0.108. The number of ether oxygens (including phenoxy) is 1. The Balaban J connectivity index is 2.09. The van der Waals surface area contributed by atoms with Gasteiger partial charge in [0.2, 0.25) is 15.9 Å². The van der Waals surface area contributed by atoms with Crippen LogP contribution in [0.1, 0.15) is 19.4 Å². The Labute approximate surface area is 183 Å². The van der Waals surface area contributed by atoms with Crippen molar-refractivity contribution in [1.29, 1.82) is 0 Å². The lowest BCUT2D eigenvalue weighted by Crippen LogP contribution is -2.48. The molecule has 0 aliphatic carbocycles. The molecule has 2 N–H and O–H groups in total. The molecule has 0 radical (unpaired) electrons. The number of para-hydroxylation sites is 1. The maximum atomic E-state index is 12.8. The quantitative estimate of drug-likeness (QED) is 0.614. The normalized spacial score (nSPS) is 12.5. The molecule has 2 aromatic carbocycles. The van der Waals surface area contributed by atoms with E-state index in [1.54, 1.807) is 57.2 Å². The van der Waals surface area contributed by atoms with E-state index in [4.69, 9.17) is 4.74 Å². The zero-order valence-electron chi connectivity index (χ0n) is 18.4. The predicted molar refractivity (Wildman–Crippen MR) is 119 cm³/mol. The molecule has 0 fully saturated rings. The van der Waals surface area contributed by atoms with E-state index >= 15 is 0 Å². The number of carbonyl (C=O) groups excluding carboxylic acids is 2. The van der Waals surface area contributed by atoms with Crippen molar-refractivity contribution in [1.82, 2.24) is 9.62 Å². The molecule has 0 heterocycles. The minimum Gasteiger partial charge on any atom is -0.484 e. The molecular formula is C22H29N3O5S. The third-order valence-corrected chi connectivity index (χ3v) is 6.55. The lowest BCUT2D eigenvalue weighted by Gasteiger charge is -2.22. The summed E-state index contributed by atoms with van der Waals surface area (Å²) in [6, 6.07) is 12.7. The van der Waals surface area contributed by atoms with Gasteiger partial charge in [0.25, 0.3) is 5.91 Å². The van der Waals surface area contributed by atoms with Crippen molar-refractivity contribution in [2.75, 3.05) is 26.0 Å². The number of nitrogens with one attached hydrogen (secondary N) is 2. The van der Waals surface area contributed by atoms with E-state index in [9.17, 15) is 18.0 Å². The molecule has 2 rings (SSSR count). The Bertz CT molecular complexity index is 1020. The number of hydrogen-bond acceptors (Lipinski definition) is 5. The van der Waals surface area contributed by atoms with Crippen LogP contribution >= 0.6 is 0 Å². The first-order valence-corrected chi connectivity index (χ1v) is 11.3. The number of aryl methyl sites for hydroxylation is 1. The Morgan fingerprint density at radius 3 is 2.29 bits per heavy atom. The molecule has 2 aromatic rings. The SMILES string of the molecule is Cc1ccc(NC(=O)[C@@H](NC(=O)COc2ccccc2)C(C)C)cc1S(=O)(=O)N(C)C. The molecule has 0 saturated carbocycles. The van der Waals surface area contributed by atoms with E-state index in [0.717, 1.165) is 4.31 Å². The molecule has 0 saturated heterocycles.